The van der Waals surface area contributed by atoms with Crippen LogP contribution < -0.4 is 10.2 Å². The molecule has 0 atom stereocenters. The maximum Gasteiger partial charge on any atom is 0.412 e. The fourth-order valence-electron chi connectivity index (χ4n) is 4.04. The molecule has 2 aliphatic heterocycles. The predicted octanol–water partition coefficient (Wildman–Crippen LogP) is 2.93. The molecule has 1 aromatic carbocycles. The Balaban J connectivity index is 1.49. The number of aromatic nitrogens is 4. The van der Waals surface area contributed by atoms with Crippen molar-refractivity contribution in [2.24, 2.45) is 0 Å². The van der Waals surface area contributed by atoms with E-state index < -0.39 is 11.5 Å². The summed E-state index contributed by atoms with van der Waals surface area (Å²) in [5.41, 5.74) is 3.74. The van der Waals surface area contributed by atoms with Gasteiger partial charge in [-0.2, -0.15) is 5.10 Å². The van der Waals surface area contributed by atoms with E-state index in [4.69, 9.17) is 9.47 Å². The number of fused-ring (bicyclic) bond motifs is 2. The smallest absolute Gasteiger partial charge is 0.412 e. The number of hydrogen-bond donors (Lipinski definition) is 3. The molecule has 0 unspecified atom stereocenters. The SMILES string of the molecule is CC(C)N1C(=O)C(C)(C)c2cc3[nH]c(-c4[nH]ncc4NC(=O)OC4COC4)nc3cc21. The third-order valence-corrected chi connectivity index (χ3v) is 5.80. The molecular weight excluding hydrogens is 400 g/mol. The lowest BCUT2D eigenvalue weighted by atomic mass is 9.86. The van der Waals surface area contributed by atoms with Crippen LogP contribution in [0.1, 0.15) is 33.3 Å². The molecule has 5 rings (SSSR count). The van der Waals surface area contributed by atoms with Gasteiger partial charge in [-0.05, 0) is 45.4 Å². The van der Waals surface area contributed by atoms with E-state index in [1.54, 1.807) is 0 Å². The summed E-state index contributed by atoms with van der Waals surface area (Å²) in [5, 5.41) is 9.60. The Morgan fingerprint density at radius 3 is 2.81 bits per heavy atom. The zero-order valence-corrected chi connectivity index (χ0v) is 17.8. The Morgan fingerprint density at radius 2 is 2.13 bits per heavy atom. The topological polar surface area (TPSA) is 125 Å². The normalized spacial score (nSPS) is 17.8. The number of rotatable bonds is 4. The molecule has 3 N–H and O–H groups in total. The lowest BCUT2D eigenvalue weighted by molar-refractivity contribution is -0.122. The van der Waals surface area contributed by atoms with Crippen LogP contribution in [0.2, 0.25) is 0 Å². The number of amides is 2. The summed E-state index contributed by atoms with van der Waals surface area (Å²) in [6.07, 6.45) is 0.710. The van der Waals surface area contributed by atoms with Gasteiger partial charge in [-0.15, -0.1) is 0 Å². The van der Waals surface area contributed by atoms with Gasteiger partial charge in [0.05, 0.1) is 47.2 Å². The van der Waals surface area contributed by atoms with E-state index >= 15 is 0 Å². The molecule has 31 heavy (non-hydrogen) atoms. The van der Waals surface area contributed by atoms with Crippen LogP contribution in [-0.4, -0.2) is 57.5 Å². The monoisotopic (exact) mass is 424 g/mol. The van der Waals surface area contributed by atoms with Gasteiger partial charge in [-0.3, -0.25) is 15.2 Å². The van der Waals surface area contributed by atoms with Gasteiger partial charge < -0.3 is 19.4 Å². The minimum absolute atomic E-state index is 0.0411. The average Bonchev–Trinajstić information content (AvgIpc) is 3.33. The highest BCUT2D eigenvalue weighted by Crippen LogP contribution is 2.44. The first-order valence-corrected chi connectivity index (χ1v) is 10.2. The summed E-state index contributed by atoms with van der Waals surface area (Å²) in [4.78, 5) is 34.8. The van der Waals surface area contributed by atoms with Crippen LogP contribution in [0.4, 0.5) is 16.2 Å². The molecule has 0 radical (unpaired) electrons. The first-order chi connectivity index (χ1) is 14.8. The Bertz CT molecular complexity index is 1190. The van der Waals surface area contributed by atoms with Crippen LogP contribution in [0.5, 0.6) is 0 Å². The van der Waals surface area contributed by atoms with E-state index in [0.717, 1.165) is 22.3 Å². The van der Waals surface area contributed by atoms with Crippen molar-refractivity contribution >= 4 is 34.4 Å². The predicted molar refractivity (Wildman–Crippen MR) is 114 cm³/mol. The number of imidazole rings is 1. The van der Waals surface area contributed by atoms with Gasteiger partial charge in [0.15, 0.2) is 11.9 Å². The van der Waals surface area contributed by atoms with Gasteiger partial charge >= 0.3 is 6.09 Å². The number of hydrogen-bond acceptors (Lipinski definition) is 6. The number of benzene rings is 1. The minimum Gasteiger partial charge on any atom is -0.441 e. The van der Waals surface area contributed by atoms with Gasteiger partial charge in [0.1, 0.15) is 5.69 Å². The quantitative estimate of drug-likeness (QED) is 0.591. The minimum atomic E-state index is -0.616. The van der Waals surface area contributed by atoms with Crippen molar-refractivity contribution in [2.75, 3.05) is 23.4 Å². The lowest BCUT2D eigenvalue weighted by Crippen LogP contribution is -2.40. The highest BCUT2D eigenvalue weighted by Gasteiger charge is 2.45. The Hall–Kier alpha value is -3.40. The first-order valence-electron chi connectivity index (χ1n) is 10.2. The lowest BCUT2D eigenvalue weighted by Gasteiger charge is -2.25. The molecule has 10 nitrogen and oxygen atoms in total. The zero-order chi connectivity index (χ0) is 21.9. The second kappa shape index (κ2) is 6.81. The molecular formula is C21H24N6O4. The number of carbonyl (C=O) groups is 2. The fourth-order valence-corrected chi connectivity index (χ4v) is 4.04. The third-order valence-electron chi connectivity index (χ3n) is 5.80. The molecule has 0 aliphatic carbocycles. The van der Waals surface area contributed by atoms with Crippen LogP contribution in [0.15, 0.2) is 18.3 Å². The molecule has 1 fully saturated rings. The summed E-state index contributed by atoms with van der Waals surface area (Å²) in [6, 6.07) is 3.96. The Kier molecular flexibility index (Phi) is 4.30. The summed E-state index contributed by atoms with van der Waals surface area (Å²) in [6.45, 7) is 8.70. The van der Waals surface area contributed by atoms with Crippen LogP contribution in [0, 0.1) is 0 Å². The number of nitrogens with zero attached hydrogens (tertiary/aromatic N) is 3. The summed E-state index contributed by atoms with van der Waals surface area (Å²) >= 11 is 0. The number of aromatic amines is 2. The molecule has 0 spiro atoms. The zero-order valence-electron chi connectivity index (χ0n) is 17.8. The summed E-state index contributed by atoms with van der Waals surface area (Å²) < 4.78 is 10.3. The molecule has 0 bridgehead atoms. The van der Waals surface area contributed by atoms with Crippen molar-refractivity contribution in [3.05, 3.63) is 23.9 Å². The molecule has 2 aliphatic rings. The van der Waals surface area contributed by atoms with Gasteiger partial charge in [0, 0.05) is 6.04 Å². The van der Waals surface area contributed by atoms with E-state index in [2.05, 4.69) is 25.5 Å². The Morgan fingerprint density at radius 1 is 1.35 bits per heavy atom. The largest absolute Gasteiger partial charge is 0.441 e. The van der Waals surface area contributed by atoms with E-state index in [9.17, 15) is 9.59 Å². The standard InChI is InChI=1S/C21H24N6O4/c1-10(2)27-16-6-14-13(5-12(16)21(3,4)19(27)28)23-18(24-14)17-15(7-22-26-17)25-20(29)31-11-8-30-9-11/h5-7,10-11H,8-9H2,1-4H3,(H,22,26)(H,23,24)(H,25,29). The molecule has 2 aromatic heterocycles. The van der Waals surface area contributed by atoms with Crippen molar-refractivity contribution in [1.82, 2.24) is 20.2 Å². The average molecular weight is 424 g/mol. The second-order valence-corrected chi connectivity index (χ2v) is 8.71. The molecule has 0 saturated carbocycles. The second-order valence-electron chi connectivity index (χ2n) is 8.71. The van der Waals surface area contributed by atoms with Crippen LogP contribution in [0.3, 0.4) is 0 Å². The third kappa shape index (κ3) is 3.05. The maximum atomic E-state index is 13.0. The summed E-state index contributed by atoms with van der Waals surface area (Å²) in [7, 11) is 0. The van der Waals surface area contributed by atoms with Gasteiger partial charge in [-0.25, -0.2) is 9.78 Å². The number of anilines is 2. The van der Waals surface area contributed by atoms with Gasteiger partial charge in [0.2, 0.25) is 5.91 Å². The molecule has 1 saturated heterocycles. The van der Waals surface area contributed by atoms with Gasteiger partial charge in [0.25, 0.3) is 0 Å². The van der Waals surface area contributed by atoms with Crippen LogP contribution in [-0.2, 0) is 19.7 Å². The van der Waals surface area contributed by atoms with E-state index in [-0.39, 0.29) is 18.1 Å². The van der Waals surface area contributed by atoms with E-state index in [1.807, 2.05) is 44.7 Å². The maximum absolute atomic E-state index is 13.0. The molecule has 2 amide bonds. The van der Waals surface area contributed by atoms with E-state index in [0.29, 0.717) is 30.4 Å². The first kappa shape index (κ1) is 19.6. The van der Waals surface area contributed by atoms with E-state index in [1.165, 1.54) is 6.20 Å². The number of ether oxygens (including phenoxy) is 2. The molecule has 4 heterocycles. The fraction of sp³-hybridized carbons (Fsp3) is 0.429. The highest BCUT2D eigenvalue weighted by atomic mass is 16.6. The number of H-pyrrole nitrogens is 2. The Labute approximate surface area is 178 Å². The summed E-state index contributed by atoms with van der Waals surface area (Å²) in [5.74, 6) is 0.611. The van der Waals surface area contributed by atoms with Crippen molar-refractivity contribution < 1.29 is 19.1 Å². The van der Waals surface area contributed by atoms with Crippen molar-refractivity contribution in [3.8, 4) is 11.5 Å². The number of carbonyl (C=O) groups excluding carboxylic acids is 2. The highest BCUT2D eigenvalue weighted by molar-refractivity contribution is 6.10. The van der Waals surface area contributed by atoms with Gasteiger partial charge in [-0.1, -0.05) is 0 Å². The molecule has 10 heteroatoms. The van der Waals surface area contributed by atoms with Crippen molar-refractivity contribution in [2.45, 2.75) is 45.3 Å². The van der Waals surface area contributed by atoms with Crippen molar-refractivity contribution in [1.29, 1.82) is 0 Å². The van der Waals surface area contributed by atoms with Crippen LogP contribution in [0.25, 0.3) is 22.6 Å². The number of nitrogens with one attached hydrogen (secondary N) is 3. The molecule has 3 aromatic rings. The van der Waals surface area contributed by atoms with Crippen molar-refractivity contribution in [3.63, 3.8) is 0 Å². The molecule has 162 valence electrons. The van der Waals surface area contributed by atoms with Crippen LogP contribution >= 0.6 is 0 Å².